The number of aromatic hydroxyl groups is 1. The quantitative estimate of drug-likeness (QED) is 0.715. The lowest BCUT2D eigenvalue weighted by molar-refractivity contribution is 0.452. The zero-order valence-electron chi connectivity index (χ0n) is 8.07. The summed E-state index contributed by atoms with van der Waals surface area (Å²) in [4.78, 5) is 16.9. The number of aromatic nitrogens is 2. The monoisotopic (exact) mass is 221 g/mol. The number of hydrogen-bond acceptors (Lipinski definition) is 4. The molecule has 0 amide bonds. The van der Waals surface area contributed by atoms with Gasteiger partial charge in [-0.3, -0.25) is 9.78 Å². The number of benzene rings is 1. The molecular formula is C10H8FN3O2. The van der Waals surface area contributed by atoms with E-state index < -0.39 is 17.3 Å². The van der Waals surface area contributed by atoms with E-state index in [2.05, 4.69) is 15.3 Å². The summed E-state index contributed by atoms with van der Waals surface area (Å²) in [6.07, 6.45) is 0. The molecule has 2 aromatic rings. The second-order valence-corrected chi connectivity index (χ2v) is 3.06. The summed E-state index contributed by atoms with van der Waals surface area (Å²) in [5.41, 5.74) is -0.359. The molecule has 0 radical (unpaired) electrons. The van der Waals surface area contributed by atoms with E-state index in [1.165, 1.54) is 12.1 Å². The van der Waals surface area contributed by atoms with Crippen molar-refractivity contribution in [3.05, 3.63) is 46.5 Å². The molecule has 6 heteroatoms. The van der Waals surface area contributed by atoms with E-state index in [1.54, 1.807) is 12.1 Å². The van der Waals surface area contributed by atoms with Gasteiger partial charge in [0.25, 0.3) is 5.56 Å². The summed E-state index contributed by atoms with van der Waals surface area (Å²) in [5.74, 6) is -0.925. The van der Waals surface area contributed by atoms with Gasteiger partial charge < -0.3 is 10.4 Å². The van der Waals surface area contributed by atoms with E-state index in [1.807, 2.05) is 0 Å². The molecule has 0 bridgehead atoms. The van der Waals surface area contributed by atoms with Crippen LogP contribution in [0, 0.1) is 5.82 Å². The van der Waals surface area contributed by atoms with Crippen molar-refractivity contribution in [3.63, 3.8) is 0 Å². The van der Waals surface area contributed by atoms with Gasteiger partial charge in [-0.05, 0) is 12.1 Å². The van der Waals surface area contributed by atoms with Crippen LogP contribution in [0.4, 0.5) is 16.0 Å². The first-order chi connectivity index (χ1) is 7.65. The van der Waals surface area contributed by atoms with Gasteiger partial charge in [-0.1, -0.05) is 12.1 Å². The van der Waals surface area contributed by atoms with E-state index >= 15 is 0 Å². The molecule has 2 rings (SSSR count). The lowest BCUT2D eigenvalue weighted by Crippen LogP contribution is -2.09. The molecule has 0 atom stereocenters. The van der Waals surface area contributed by atoms with Crippen LogP contribution in [0.2, 0.25) is 0 Å². The molecule has 0 aliphatic rings. The first-order valence-corrected chi connectivity index (χ1v) is 4.47. The Morgan fingerprint density at radius 3 is 2.81 bits per heavy atom. The molecule has 0 saturated heterocycles. The zero-order valence-corrected chi connectivity index (χ0v) is 8.07. The predicted octanol–water partition coefficient (Wildman–Crippen LogP) is 1.36. The molecule has 0 spiro atoms. The van der Waals surface area contributed by atoms with Crippen molar-refractivity contribution in [3.8, 4) is 5.88 Å². The summed E-state index contributed by atoms with van der Waals surface area (Å²) in [7, 11) is 0. The maximum Gasteiger partial charge on any atom is 0.256 e. The molecule has 3 N–H and O–H groups in total. The van der Waals surface area contributed by atoms with Gasteiger partial charge >= 0.3 is 0 Å². The van der Waals surface area contributed by atoms with Gasteiger partial charge in [0.1, 0.15) is 5.82 Å². The number of rotatable bonds is 2. The number of H-pyrrole nitrogens is 1. The van der Waals surface area contributed by atoms with Crippen LogP contribution in [-0.4, -0.2) is 15.1 Å². The molecule has 1 aromatic heterocycles. The minimum Gasteiger partial charge on any atom is -0.493 e. The van der Waals surface area contributed by atoms with Gasteiger partial charge in [-0.2, -0.15) is 4.98 Å². The first kappa shape index (κ1) is 10.2. The lowest BCUT2D eigenvalue weighted by atomic mass is 10.3. The fraction of sp³-hybridized carbons (Fsp3) is 0. The number of hydrogen-bond donors (Lipinski definition) is 3. The molecular weight excluding hydrogens is 213 g/mol. The fourth-order valence-electron chi connectivity index (χ4n) is 1.19. The van der Waals surface area contributed by atoms with Crippen LogP contribution in [0.25, 0.3) is 0 Å². The molecule has 82 valence electrons. The highest BCUT2D eigenvalue weighted by molar-refractivity contribution is 5.53. The number of halogens is 1. The first-order valence-electron chi connectivity index (χ1n) is 4.47. The smallest absolute Gasteiger partial charge is 0.256 e. The standard InChI is InChI=1S/C10H8FN3O2/c11-6-3-1-2-4-7(6)12-10-13-8(15)5-9(16)14-10/h1-5H,(H3,12,13,14,15,16). The SMILES string of the molecule is O=c1cc(O)nc(Nc2ccccc2F)[nH]1. The van der Waals surface area contributed by atoms with Gasteiger partial charge in [-0.15, -0.1) is 0 Å². The van der Waals surface area contributed by atoms with Gasteiger partial charge in [0, 0.05) is 0 Å². The normalized spacial score (nSPS) is 10.1. The Morgan fingerprint density at radius 2 is 2.12 bits per heavy atom. The lowest BCUT2D eigenvalue weighted by Gasteiger charge is -2.05. The van der Waals surface area contributed by atoms with Crippen LogP contribution in [0.15, 0.2) is 35.1 Å². The highest BCUT2D eigenvalue weighted by atomic mass is 19.1. The average molecular weight is 221 g/mol. The Kier molecular flexibility index (Phi) is 2.55. The summed E-state index contributed by atoms with van der Waals surface area (Å²) in [6, 6.07) is 6.85. The van der Waals surface area contributed by atoms with Crippen LogP contribution < -0.4 is 10.9 Å². The molecule has 1 aromatic carbocycles. The van der Waals surface area contributed by atoms with E-state index in [-0.39, 0.29) is 11.6 Å². The molecule has 16 heavy (non-hydrogen) atoms. The van der Waals surface area contributed by atoms with Crippen molar-refractivity contribution in [1.82, 2.24) is 9.97 Å². The van der Waals surface area contributed by atoms with Gasteiger partial charge in [0.2, 0.25) is 11.8 Å². The van der Waals surface area contributed by atoms with E-state index in [4.69, 9.17) is 5.11 Å². The Hall–Kier alpha value is -2.37. The highest BCUT2D eigenvalue weighted by Crippen LogP contribution is 2.16. The minimum atomic E-state index is -0.522. The summed E-state index contributed by atoms with van der Waals surface area (Å²) in [5, 5.41) is 11.6. The van der Waals surface area contributed by atoms with E-state index in [0.29, 0.717) is 0 Å². The maximum absolute atomic E-state index is 13.2. The highest BCUT2D eigenvalue weighted by Gasteiger charge is 2.03. The Balaban J connectivity index is 2.34. The molecule has 0 fully saturated rings. The van der Waals surface area contributed by atoms with Crippen LogP contribution in [0.1, 0.15) is 0 Å². The predicted molar refractivity (Wildman–Crippen MR) is 56.2 cm³/mol. The molecule has 0 aliphatic heterocycles. The Bertz CT molecular complexity index is 568. The number of nitrogens with zero attached hydrogens (tertiary/aromatic N) is 1. The molecule has 0 saturated carbocycles. The van der Waals surface area contributed by atoms with Crippen molar-refractivity contribution in [2.45, 2.75) is 0 Å². The number of nitrogens with one attached hydrogen (secondary N) is 2. The Morgan fingerprint density at radius 1 is 1.38 bits per heavy atom. The van der Waals surface area contributed by atoms with Crippen molar-refractivity contribution in [2.75, 3.05) is 5.32 Å². The molecule has 0 aliphatic carbocycles. The second-order valence-electron chi connectivity index (χ2n) is 3.06. The van der Waals surface area contributed by atoms with Crippen molar-refractivity contribution < 1.29 is 9.50 Å². The third-order valence-corrected chi connectivity index (χ3v) is 1.86. The van der Waals surface area contributed by atoms with Crippen molar-refractivity contribution in [1.29, 1.82) is 0 Å². The van der Waals surface area contributed by atoms with Crippen molar-refractivity contribution in [2.24, 2.45) is 0 Å². The number of aromatic amines is 1. The summed E-state index contributed by atoms with van der Waals surface area (Å²) >= 11 is 0. The fourth-order valence-corrected chi connectivity index (χ4v) is 1.19. The zero-order chi connectivity index (χ0) is 11.5. The van der Waals surface area contributed by atoms with Gasteiger partial charge in [0.05, 0.1) is 11.8 Å². The van der Waals surface area contributed by atoms with Gasteiger partial charge in [-0.25, -0.2) is 4.39 Å². The molecule has 5 nitrogen and oxygen atoms in total. The average Bonchev–Trinajstić information content (AvgIpc) is 2.20. The van der Waals surface area contributed by atoms with Gasteiger partial charge in [0.15, 0.2) is 0 Å². The van der Waals surface area contributed by atoms with Crippen LogP contribution in [0.3, 0.4) is 0 Å². The third-order valence-electron chi connectivity index (χ3n) is 1.86. The van der Waals surface area contributed by atoms with E-state index in [9.17, 15) is 9.18 Å². The Labute approximate surface area is 89.6 Å². The largest absolute Gasteiger partial charge is 0.493 e. The second kappa shape index (κ2) is 4.01. The third kappa shape index (κ3) is 2.17. The van der Waals surface area contributed by atoms with E-state index in [0.717, 1.165) is 6.07 Å². The number of para-hydroxylation sites is 1. The van der Waals surface area contributed by atoms with Crippen molar-refractivity contribution >= 4 is 11.6 Å². The minimum absolute atomic E-state index is 0.0184. The number of anilines is 2. The molecule has 0 unspecified atom stereocenters. The topological polar surface area (TPSA) is 78.0 Å². The summed E-state index contributed by atoms with van der Waals surface area (Å²) < 4.78 is 13.2. The van der Waals surface area contributed by atoms with Crippen LogP contribution in [0.5, 0.6) is 5.88 Å². The van der Waals surface area contributed by atoms with Crippen LogP contribution >= 0.6 is 0 Å². The van der Waals surface area contributed by atoms with Crippen LogP contribution in [-0.2, 0) is 0 Å². The summed E-state index contributed by atoms with van der Waals surface area (Å²) in [6.45, 7) is 0. The molecule has 1 heterocycles. The maximum atomic E-state index is 13.2.